The second-order valence-electron chi connectivity index (χ2n) is 5.15. The SMILES string of the molecule is CSCCN=C(C)Nc1ccc2c(c1)C(C(N)=O)C(O)C2. The van der Waals surface area contributed by atoms with Crippen LogP contribution in [0.3, 0.4) is 0 Å². The number of thioether (sulfide) groups is 1. The molecule has 1 aliphatic carbocycles. The highest BCUT2D eigenvalue weighted by Crippen LogP contribution is 2.35. The van der Waals surface area contributed by atoms with Gasteiger partial charge in [0, 0.05) is 18.0 Å². The summed E-state index contributed by atoms with van der Waals surface area (Å²) in [5.41, 5.74) is 8.05. The van der Waals surface area contributed by atoms with Gasteiger partial charge in [-0.15, -0.1) is 0 Å². The van der Waals surface area contributed by atoms with E-state index in [-0.39, 0.29) is 0 Å². The summed E-state index contributed by atoms with van der Waals surface area (Å²) in [5.74, 6) is 0.719. The van der Waals surface area contributed by atoms with Crippen LogP contribution in [0.1, 0.15) is 24.0 Å². The van der Waals surface area contributed by atoms with Crippen molar-refractivity contribution in [1.29, 1.82) is 0 Å². The molecule has 0 radical (unpaired) electrons. The van der Waals surface area contributed by atoms with Crippen molar-refractivity contribution < 1.29 is 9.90 Å². The summed E-state index contributed by atoms with van der Waals surface area (Å²) >= 11 is 1.76. The van der Waals surface area contributed by atoms with Gasteiger partial charge in [0.2, 0.25) is 5.91 Å². The lowest BCUT2D eigenvalue weighted by atomic mass is 9.99. The van der Waals surface area contributed by atoms with Crippen LogP contribution in [0.2, 0.25) is 0 Å². The first kappa shape index (κ1) is 15.9. The van der Waals surface area contributed by atoms with E-state index in [2.05, 4.69) is 10.3 Å². The van der Waals surface area contributed by atoms with Gasteiger partial charge in [-0.2, -0.15) is 11.8 Å². The second-order valence-corrected chi connectivity index (χ2v) is 6.14. The maximum absolute atomic E-state index is 11.5. The Bertz CT molecular complexity index is 560. The highest BCUT2D eigenvalue weighted by Gasteiger charge is 2.35. The fraction of sp³-hybridized carbons (Fsp3) is 0.467. The van der Waals surface area contributed by atoms with E-state index in [0.717, 1.165) is 34.9 Å². The molecule has 114 valence electrons. The lowest BCUT2D eigenvalue weighted by Crippen LogP contribution is -2.28. The number of rotatable bonds is 5. The van der Waals surface area contributed by atoms with E-state index in [1.165, 1.54) is 0 Å². The zero-order valence-electron chi connectivity index (χ0n) is 12.3. The van der Waals surface area contributed by atoms with Crippen molar-refractivity contribution in [2.24, 2.45) is 10.7 Å². The molecule has 0 aromatic heterocycles. The van der Waals surface area contributed by atoms with Crippen LogP contribution in [0.15, 0.2) is 23.2 Å². The Balaban J connectivity index is 2.14. The molecule has 1 aliphatic rings. The predicted molar refractivity (Wildman–Crippen MR) is 88.1 cm³/mol. The summed E-state index contributed by atoms with van der Waals surface area (Å²) in [7, 11) is 0. The summed E-state index contributed by atoms with van der Waals surface area (Å²) in [6.45, 7) is 2.68. The second kappa shape index (κ2) is 6.95. The highest BCUT2D eigenvalue weighted by molar-refractivity contribution is 7.98. The van der Waals surface area contributed by atoms with Crippen LogP contribution in [0.5, 0.6) is 0 Å². The van der Waals surface area contributed by atoms with Crippen molar-refractivity contribution in [3.8, 4) is 0 Å². The topological polar surface area (TPSA) is 87.7 Å². The lowest BCUT2D eigenvalue weighted by molar-refractivity contribution is -0.121. The summed E-state index contributed by atoms with van der Waals surface area (Å²) in [6, 6.07) is 5.75. The van der Waals surface area contributed by atoms with E-state index in [4.69, 9.17) is 5.73 Å². The maximum Gasteiger partial charge on any atom is 0.227 e. The molecule has 2 atom stereocenters. The van der Waals surface area contributed by atoms with Gasteiger partial charge in [0.25, 0.3) is 0 Å². The Hall–Kier alpha value is -1.53. The number of aliphatic imine (C=N–C) groups is 1. The largest absolute Gasteiger partial charge is 0.392 e. The first-order chi connectivity index (χ1) is 10.0. The molecule has 0 fully saturated rings. The fourth-order valence-corrected chi connectivity index (χ4v) is 2.87. The molecular formula is C15H21N3O2S. The first-order valence-electron chi connectivity index (χ1n) is 6.90. The van der Waals surface area contributed by atoms with Gasteiger partial charge in [-0.1, -0.05) is 6.07 Å². The number of hydrogen-bond acceptors (Lipinski definition) is 4. The number of benzene rings is 1. The average molecular weight is 307 g/mol. The maximum atomic E-state index is 11.5. The van der Waals surface area contributed by atoms with Crippen LogP contribution >= 0.6 is 11.8 Å². The molecule has 0 heterocycles. The Morgan fingerprint density at radius 3 is 3.00 bits per heavy atom. The Kier molecular flexibility index (Phi) is 5.25. The zero-order chi connectivity index (χ0) is 15.4. The van der Waals surface area contributed by atoms with Gasteiger partial charge < -0.3 is 16.2 Å². The number of amides is 1. The van der Waals surface area contributed by atoms with Gasteiger partial charge in [-0.25, -0.2) is 0 Å². The third kappa shape index (κ3) is 3.77. The number of primary amides is 1. The van der Waals surface area contributed by atoms with E-state index in [0.29, 0.717) is 6.42 Å². The lowest BCUT2D eigenvalue weighted by Gasteiger charge is -2.13. The van der Waals surface area contributed by atoms with E-state index >= 15 is 0 Å². The Morgan fingerprint density at radius 1 is 1.57 bits per heavy atom. The minimum absolute atomic E-state index is 0.476. The number of aliphatic hydroxyl groups is 1. The van der Waals surface area contributed by atoms with Crippen LogP contribution in [-0.4, -0.2) is 41.5 Å². The van der Waals surface area contributed by atoms with E-state index in [1.54, 1.807) is 11.8 Å². The number of nitrogens with one attached hydrogen (secondary N) is 1. The van der Waals surface area contributed by atoms with Crippen molar-refractivity contribution in [3.05, 3.63) is 29.3 Å². The van der Waals surface area contributed by atoms with Crippen LogP contribution < -0.4 is 11.1 Å². The third-order valence-electron chi connectivity index (χ3n) is 3.57. The third-order valence-corrected chi connectivity index (χ3v) is 4.16. The van der Waals surface area contributed by atoms with E-state index in [1.807, 2.05) is 31.4 Å². The summed E-state index contributed by atoms with van der Waals surface area (Å²) in [6.07, 6.45) is 1.81. The fourth-order valence-electron chi connectivity index (χ4n) is 2.59. The smallest absolute Gasteiger partial charge is 0.227 e. The predicted octanol–water partition coefficient (Wildman–Crippen LogP) is 1.37. The minimum atomic E-state index is -0.718. The molecule has 0 aliphatic heterocycles. The number of nitrogens with zero attached hydrogens (tertiary/aromatic N) is 1. The van der Waals surface area contributed by atoms with Gasteiger partial charge >= 0.3 is 0 Å². The standard InChI is InChI=1S/C15H21N3O2S/c1-9(17-5-6-21-2)18-11-4-3-10-7-13(19)14(15(16)20)12(10)8-11/h3-4,8,13-14,19H,5-7H2,1-2H3,(H2,16,20)(H,17,18). The van der Waals surface area contributed by atoms with Crippen molar-refractivity contribution in [2.75, 3.05) is 23.9 Å². The molecule has 0 saturated carbocycles. The highest BCUT2D eigenvalue weighted by atomic mass is 32.2. The van der Waals surface area contributed by atoms with E-state index in [9.17, 15) is 9.90 Å². The van der Waals surface area contributed by atoms with Crippen LogP contribution in [-0.2, 0) is 11.2 Å². The number of fused-ring (bicyclic) bond motifs is 1. The van der Waals surface area contributed by atoms with Crippen molar-refractivity contribution >= 4 is 29.2 Å². The molecule has 1 aromatic carbocycles. The zero-order valence-corrected chi connectivity index (χ0v) is 13.1. The number of aliphatic hydroxyl groups excluding tert-OH is 1. The van der Waals surface area contributed by atoms with Crippen LogP contribution in [0.25, 0.3) is 0 Å². The van der Waals surface area contributed by atoms with Gasteiger partial charge in [0.1, 0.15) is 0 Å². The molecule has 1 aromatic rings. The number of nitrogens with two attached hydrogens (primary N) is 1. The molecule has 5 nitrogen and oxygen atoms in total. The van der Waals surface area contributed by atoms with Crippen molar-refractivity contribution in [1.82, 2.24) is 0 Å². The van der Waals surface area contributed by atoms with Crippen molar-refractivity contribution in [3.63, 3.8) is 0 Å². The summed E-state index contributed by atoms with van der Waals surface area (Å²) < 4.78 is 0. The molecular weight excluding hydrogens is 286 g/mol. The van der Waals surface area contributed by atoms with Crippen LogP contribution in [0, 0.1) is 0 Å². The number of amidine groups is 1. The van der Waals surface area contributed by atoms with Gasteiger partial charge in [0.05, 0.1) is 17.9 Å². The molecule has 0 bridgehead atoms. The van der Waals surface area contributed by atoms with Gasteiger partial charge in [-0.05, 0) is 42.9 Å². The molecule has 0 saturated heterocycles. The quantitative estimate of drug-likeness (QED) is 0.435. The molecule has 0 spiro atoms. The van der Waals surface area contributed by atoms with Gasteiger partial charge in [-0.3, -0.25) is 9.79 Å². The van der Waals surface area contributed by atoms with Gasteiger partial charge in [0.15, 0.2) is 0 Å². The summed E-state index contributed by atoms with van der Waals surface area (Å²) in [4.78, 5) is 15.9. The van der Waals surface area contributed by atoms with E-state index < -0.39 is 17.9 Å². The minimum Gasteiger partial charge on any atom is -0.392 e. The number of anilines is 1. The molecule has 2 rings (SSSR count). The molecule has 4 N–H and O–H groups in total. The summed E-state index contributed by atoms with van der Waals surface area (Å²) in [5, 5.41) is 13.2. The first-order valence-corrected chi connectivity index (χ1v) is 8.29. The molecule has 1 amide bonds. The van der Waals surface area contributed by atoms with Crippen LogP contribution in [0.4, 0.5) is 5.69 Å². The monoisotopic (exact) mass is 307 g/mol. The molecule has 6 heteroatoms. The number of hydrogen-bond donors (Lipinski definition) is 3. The Morgan fingerprint density at radius 2 is 2.33 bits per heavy atom. The van der Waals surface area contributed by atoms with Crippen molar-refractivity contribution in [2.45, 2.75) is 25.4 Å². The number of carbonyl (C=O) groups excluding carboxylic acids is 1. The molecule has 21 heavy (non-hydrogen) atoms. The Labute approximate surface area is 129 Å². The average Bonchev–Trinajstić information content (AvgIpc) is 2.74. The number of carbonyl (C=O) groups is 1. The normalized spacial score (nSPS) is 21.2. The molecule has 2 unspecified atom stereocenters.